The molecule has 2 aromatic rings. The highest BCUT2D eigenvalue weighted by atomic mass is 16.5. The Labute approximate surface area is 140 Å². The largest absolute Gasteiger partial charge is 0.494 e. The van der Waals surface area contributed by atoms with Gasteiger partial charge in [-0.3, -0.25) is 4.79 Å². The third-order valence-corrected chi connectivity index (χ3v) is 3.02. The summed E-state index contributed by atoms with van der Waals surface area (Å²) in [7, 11) is 0. The number of hydrogen-bond donors (Lipinski definition) is 3. The third kappa shape index (κ3) is 5.49. The lowest BCUT2D eigenvalue weighted by Gasteiger charge is -2.06. The van der Waals surface area contributed by atoms with Crippen LogP contribution in [-0.2, 0) is 4.79 Å². The molecule has 0 saturated heterocycles. The Morgan fingerprint density at radius 2 is 1.75 bits per heavy atom. The van der Waals surface area contributed by atoms with Crippen molar-refractivity contribution in [3.8, 4) is 5.75 Å². The van der Waals surface area contributed by atoms with Gasteiger partial charge in [0.05, 0.1) is 6.61 Å². The number of primary amides is 1. The predicted molar refractivity (Wildman–Crippen MR) is 94.9 cm³/mol. The molecule has 0 aliphatic carbocycles. The van der Waals surface area contributed by atoms with Crippen molar-refractivity contribution in [2.45, 2.75) is 6.92 Å². The van der Waals surface area contributed by atoms with Crippen LogP contribution in [0.3, 0.4) is 0 Å². The zero-order valence-corrected chi connectivity index (χ0v) is 13.3. The number of carbonyl (C=O) groups excluding carboxylic acids is 2. The smallest absolute Gasteiger partial charge is 0.316 e. The van der Waals surface area contributed by atoms with Crippen molar-refractivity contribution in [1.29, 1.82) is 0 Å². The molecule has 0 atom stereocenters. The zero-order valence-electron chi connectivity index (χ0n) is 13.3. The van der Waals surface area contributed by atoms with E-state index in [0.29, 0.717) is 18.0 Å². The van der Waals surface area contributed by atoms with E-state index in [9.17, 15) is 9.59 Å². The maximum absolute atomic E-state index is 12.0. The summed E-state index contributed by atoms with van der Waals surface area (Å²) in [5, 5.41) is 5.16. The molecule has 0 aliphatic rings. The minimum atomic E-state index is -0.658. The zero-order chi connectivity index (χ0) is 17.4. The normalized spacial score (nSPS) is 10.4. The highest BCUT2D eigenvalue weighted by Gasteiger charge is 2.01. The minimum Gasteiger partial charge on any atom is -0.494 e. The molecular formula is C18H19N3O3. The van der Waals surface area contributed by atoms with Crippen molar-refractivity contribution in [2.75, 3.05) is 17.2 Å². The van der Waals surface area contributed by atoms with Gasteiger partial charge in [0.15, 0.2) is 0 Å². The molecule has 2 aromatic carbocycles. The number of urea groups is 1. The monoisotopic (exact) mass is 325 g/mol. The molecule has 6 nitrogen and oxygen atoms in total. The Morgan fingerprint density at radius 3 is 2.38 bits per heavy atom. The standard InChI is InChI=1S/C18H19N3O3/c1-2-24-16-9-6-13(7-10-16)8-11-17(22)20-14-4-3-5-15(12-14)21-18(19)23/h3-12H,2H2,1H3,(H,20,22)(H3,19,21,23)/b11-8+. The van der Waals surface area contributed by atoms with Crippen LogP contribution in [0.15, 0.2) is 54.6 Å². The van der Waals surface area contributed by atoms with Crippen LogP contribution in [0, 0.1) is 0 Å². The number of nitrogens with one attached hydrogen (secondary N) is 2. The fraction of sp³-hybridized carbons (Fsp3) is 0.111. The van der Waals surface area contributed by atoms with E-state index in [1.807, 2.05) is 31.2 Å². The van der Waals surface area contributed by atoms with Gasteiger partial charge in [0, 0.05) is 17.5 Å². The highest BCUT2D eigenvalue weighted by molar-refractivity contribution is 6.02. The first kappa shape index (κ1) is 17.1. The molecule has 2 rings (SSSR count). The second-order valence-electron chi connectivity index (χ2n) is 4.89. The first-order valence-electron chi connectivity index (χ1n) is 7.45. The topological polar surface area (TPSA) is 93.4 Å². The average Bonchev–Trinajstić information content (AvgIpc) is 2.54. The summed E-state index contributed by atoms with van der Waals surface area (Å²) in [5.74, 6) is 0.512. The summed E-state index contributed by atoms with van der Waals surface area (Å²) in [6, 6.07) is 13.5. The van der Waals surface area contributed by atoms with Crippen LogP contribution in [-0.4, -0.2) is 18.5 Å². The molecule has 124 valence electrons. The number of benzene rings is 2. The quantitative estimate of drug-likeness (QED) is 0.712. The van der Waals surface area contributed by atoms with Gasteiger partial charge in [-0.05, 0) is 48.9 Å². The van der Waals surface area contributed by atoms with Crippen molar-refractivity contribution in [3.05, 3.63) is 60.2 Å². The SMILES string of the molecule is CCOc1ccc(/C=C/C(=O)Nc2cccc(NC(N)=O)c2)cc1. The van der Waals surface area contributed by atoms with Crippen molar-refractivity contribution in [1.82, 2.24) is 0 Å². The molecule has 0 aliphatic heterocycles. The molecule has 0 aromatic heterocycles. The van der Waals surface area contributed by atoms with Crippen LogP contribution in [0.1, 0.15) is 12.5 Å². The minimum absolute atomic E-state index is 0.278. The number of amides is 3. The second-order valence-corrected chi connectivity index (χ2v) is 4.89. The molecule has 24 heavy (non-hydrogen) atoms. The maximum Gasteiger partial charge on any atom is 0.316 e. The average molecular weight is 325 g/mol. The summed E-state index contributed by atoms with van der Waals surface area (Å²) in [6.07, 6.45) is 3.14. The molecule has 4 N–H and O–H groups in total. The van der Waals surface area contributed by atoms with E-state index < -0.39 is 6.03 Å². The molecule has 0 fully saturated rings. The van der Waals surface area contributed by atoms with Crippen LogP contribution in [0.4, 0.5) is 16.2 Å². The summed E-state index contributed by atoms with van der Waals surface area (Å²) in [6.45, 7) is 2.54. The van der Waals surface area contributed by atoms with Gasteiger partial charge in [-0.1, -0.05) is 18.2 Å². The van der Waals surface area contributed by atoms with E-state index >= 15 is 0 Å². The fourth-order valence-corrected chi connectivity index (χ4v) is 2.01. The van der Waals surface area contributed by atoms with Crippen LogP contribution < -0.4 is 21.1 Å². The van der Waals surface area contributed by atoms with Gasteiger partial charge in [-0.2, -0.15) is 0 Å². The van der Waals surface area contributed by atoms with Gasteiger partial charge in [-0.25, -0.2) is 4.79 Å². The number of carbonyl (C=O) groups is 2. The highest BCUT2D eigenvalue weighted by Crippen LogP contribution is 2.16. The molecule has 0 heterocycles. The predicted octanol–water partition coefficient (Wildman–Crippen LogP) is 3.23. The number of anilines is 2. The van der Waals surface area contributed by atoms with Crippen molar-refractivity contribution < 1.29 is 14.3 Å². The number of hydrogen-bond acceptors (Lipinski definition) is 3. The van der Waals surface area contributed by atoms with Gasteiger partial charge >= 0.3 is 6.03 Å². The Morgan fingerprint density at radius 1 is 1.08 bits per heavy atom. The molecule has 0 unspecified atom stereocenters. The van der Waals surface area contributed by atoms with Gasteiger partial charge in [0.25, 0.3) is 0 Å². The van der Waals surface area contributed by atoms with E-state index in [-0.39, 0.29) is 5.91 Å². The number of nitrogens with two attached hydrogens (primary N) is 1. The molecule has 3 amide bonds. The third-order valence-electron chi connectivity index (χ3n) is 3.02. The van der Waals surface area contributed by atoms with Gasteiger partial charge in [-0.15, -0.1) is 0 Å². The lowest BCUT2D eigenvalue weighted by Crippen LogP contribution is -2.19. The Kier molecular flexibility index (Phi) is 5.96. The summed E-state index contributed by atoms with van der Waals surface area (Å²) < 4.78 is 5.36. The summed E-state index contributed by atoms with van der Waals surface area (Å²) in [4.78, 5) is 22.8. The first-order valence-corrected chi connectivity index (χ1v) is 7.45. The van der Waals surface area contributed by atoms with Crippen molar-refractivity contribution >= 4 is 29.4 Å². The van der Waals surface area contributed by atoms with Gasteiger partial charge < -0.3 is 21.1 Å². The fourth-order valence-electron chi connectivity index (χ4n) is 2.01. The van der Waals surface area contributed by atoms with Gasteiger partial charge in [0.2, 0.25) is 5.91 Å². The van der Waals surface area contributed by atoms with Crippen LogP contribution >= 0.6 is 0 Å². The Hall–Kier alpha value is -3.28. The first-order chi connectivity index (χ1) is 11.6. The molecule has 0 saturated carbocycles. The molecule has 0 spiro atoms. The Balaban J connectivity index is 1.96. The van der Waals surface area contributed by atoms with Crippen molar-refractivity contribution in [2.24, 2.45) is 5.73 Å². The second kappa shape index (κ2) is 8.38. The van der Waals surface area contributed by atoms with E-state index in [1.165, 1.54) is 6.08 Å². The summed E-state index contributed by atoms with van der Waals surface area (Å²) >= 11 is 0. The lowest BCUT2D eigenvalue weighted by molar-refractivity contribution is -0.111. The van der Waals surface area contributed by atoms with Crippen LogP contribution in [0.2, 0.25) is 0 Å². The number of ether oxygens (including phenoxy) is 1. The summed E-state index contributed by atoms with van der Waals surface area (Å²) in [5.41, 5.74) is 7.01. The molecule has 0 radical (unpaired) electrons. The number of rotatable bonds is 6. The van der Waals surface area contributed by atoms with E-state index in [0.717, 1.165) is 11.3 Å². The van der Waals surface area contributed by atoms with Gasteiger partial charge in [0.1, 0.15) is 5.75 Å². The van der Waals surface area contributed by atoms with Crippen LogP contribution in [0.5, 0.6) is 5.75 Å². The maximum atomic E-state index is 12.0. The Bertz CT molecular complexity index is 739. The van der Waals surface area contributed by atoms with Crippen molar-refractivity contribution in [3.63, 3.8) is 0 Å². The molecular weight excluding hydrogens is 306 g/mol. The van der Waals surface area contributed by atoms with E-state index in [1.54, 1.807) is 30.3 Å². The molecule has 0 bridgehead atoms. The lowest BCUT2D eigenvalue weighted by atomic mass is 10.2. The van der Waals surface area contributed by atoms with E-state index in [4.69, 9.17) is 10.5 Å². The van der Waals surface area contributed by atoms with E-state index in [2.05, 4.69) is 10.6 Å². The van der Waals surface area contributed by atoms with Crippen LogP contribution in [0.25, 0.3) is 6.08 Å². The molecule has 6 heteroatoms.